The van der Waals surface area contributed by atoms with E-state index in [0.717, 1.165) is 60.2 Å². The summed E-state index contributed by atoms with van der Waals surface area (Å²) in [5.41, 5.74) is 11.1. The van der Waals surface area contributed by atoms with Crippen LogP contribution in [0.15, 0.2) is 100 Å². The van der Waals surface area contributed by atoms with Crippen LogP contribution in [0.3, 0.4) is 0 Å². The number of oxazole rings is 1. The molecule has 1 aliphatic carbocycles. The minimum absolute atomic E-state index is 0.582. The largest absolute Gasteiger partial charge is 0.439 e. The van der Waals surface area contributed by atoms with E-state index in [-0.39, 0.29) is 0 Å². The highest BCUT2D eigenvalue weighted by atomic mass is 33.1. The third-order valence-corrected chi connectivity index (χ3v) is 11.8. The lowest BCUT2D eigenvalue weighted by Crippen LogP contribution is -2.29. The number of aliphatic imine (C=N–C) groups is 1. The van der Waals surface area contributed by atoms with Crippen molar-refractivity contribution < 1.29 is 13.7 Å². The molecule has 3 aromatic heterocycles. The van der Waals surface area contributed by atoms with E-state index in [4.69, 9.17) is 9.15 Å². The second-order valence-electron chi connectivity index (χ2n) is 12.4. The molecule has 0 bridgehead atoms. The van der Waals surface area contributed by atoms with Crippen LogP contribution in [0.2, 0.25) is 0 Å². The molecule has 0 amide bonds. The predicted octanol–water partition coefficient (Wildman–Crippen LogP) is 9.96. The molecule has 0 saturated carbocycles. The Kier molecular flexibility index (Phi) is 10.5. The molecular weight excluding hydrogens is 657 g/mol. The van der Waals surface area contributed by atoms with Crippen LogP contribution in [0.25, 0.3) is 46.3 Å². The van der Waals surface area contributed by atoms with E-state index in [1.54, 1.807) is 7.05 Å². The van der Waals surface area contributed by atoms with Crippen LogP contribution in [0, 0.1) is 13.8 Å². The van der Waals surface area contributed by atoms with Crippen LogP contribution in [0.5, 0.6) is 5.75 Å². The summed E-state index contributed by atoms with van der Waals surface area (Å²) in [5.74, 6) is 4.29. The number of aryl methyl sites for hydroxylation is 2. The molecule has 254 valence electrons. The zero-order valence-electron chi connectivity index (χ0n) is 29.1. The molecule has 0 aliphatic heterocycles. The lowest BCUT2D eigenvalue weighted by Gasteiger charge is -2.13. The Morgan fingerprint density at radius 3 is 2.38 bits per heavy atom. The van der Waals surface area contributed by atoms with Crippen LogP contribution in [0.4, 0.5) is 0 Å². The van der Waals surface area contributed by atoms with Crippen LogP contribution >= 0.6 is 21.6 Å². The van der Waals surface area contributed by atoms with Crippen molar-refractivity contribution in [1.82, 2.24) is 9.13 Å². The first kappa shape index (κ1) is 33.8. The Bertz CT molecular complexity index is 2250. The Morgan fingerprint density at radius 2 is 1.58 bits per heavy atom. The maximum Gasteiger partial charge on any atom is 0.373 e. The summed E-state index contributed by atoms with van der Waals surface area (Å²) >= 11 is 0. The fraction of sp³-hybridized carbons (Fsp3) is 0.238. The molecule has 1 aliphatic rings. The van der Waals surface area contributed by atoms with Crippen molar-refractivity contribution in [3.63, 3.8) is 0 Å². The van der Waals surface area contributed by atoms with Crippen molar-refractivity contribution in [1.29, 1.82) is 0 Å². The summed E-state index contributed by atoms with van der Waals surface area (Å²) in [6.07, 6.45) is 15.2. The number of ether oxygens (including phenoxy) is 1. The topological polar surface area (TPSA) is 48.5 Å². The molecule has 6 nitrogen and oxygen atoms in total. The van der Waals surface area contributed by atoms with E-state index in [1.165, 1.54) is 44.7 Å². The first-order valence-corrected chi connectivity index (χ1v) is 19.7. The second kappa shape index (κ2) is 15.5. The quantitative estimate of drug-likeness (QED) is 0.0420. The molecule has 0 N–H and O–H groups in total. The molecule has 8 heteroatoms. The van der Waals surface area contributed by atoms with E-state index in [0.29, 0.717) is 5.90 Å². The van der Waals surface area contributed by atoms with Gasteiger partial charge in [-0.25, -0.2) is 0 Å². The zero-order valence-corrected chi connectivity index (χ0v) is 30.8. The molecule has 3 aromatic carbocycles. The van der Waals surface area contributed by atoms with Gasteiger partial charge in [0.25, 0.3) is 5.52 Å². The van der Waals surface area contributed by atoms with Crippen molar-refractivity contribution in [3.05, 3.63) is 131 Å². The molecule has 6 aromatic rings. The SMILES string of the molecule is C/N=C(\C=C\c1c(C)n(CCSSCCn2c(C)c(/C=C/c3oc4ccccc4[n+]3C)c3c2CCC=C3)c2ccccc12)Oc1ccccc1. The van der Waals surface area contributed by atoms with E-state index >= 15 is 0 Å². The molecule has 7 rings (SSSR count). The summed E-state index contributed by atoms with van der Waals surface area (Å²) < 4.78 is 19.3. The van der Waals surface area contributed by atoms with Gasteiger partial charge < -0.3 is 18.3 Å². The molecule has 0 spiro atoms. The molecule has 3 heterocycles. The van der Waals surface area contributed by atoms with E-state index in [1.807, 2.05) is 76.2 Å². The summed E-state index contributed by atoms with van der Waals surface area (Å²) in [6, 6.07) is 26.6. The number of nitrogens with zero attached hydrogens (tertiary/aromatic N) is 4. The number of allylic oxidation sites excluding steroid dienone is 1. The van der Waals surface area contributed by atoms with E-state index in [9.17, 15) is 0 Å². The van der Waals surface area contributed by atoms with Gasteiger partial charge >= 0.3 is 5.89 Å². The fourth-order valence-electron chi connectivity index (χ4n) is 6.90. The smallest absolute Gasteiger partial charge is 0.373 e. The second-order valence-corrected chi connectivity index (χ2v) is 15.1. The number of fused-ring (bicyclic) bond motifs is 3. The van der Waals surface area contributed by atoms with Gasteiger partial charge in [0.1, 0.15) is 12.8 Å². The summed E-state index contributed by atoms with van der Waals surface area (Å²) in [6.45, 7) is 6.42. The van der Waals surface area contributed by atoms with Gasteiger partial charge in [0.15, 0.2) is 0 Å². The van der Waals surface area contributed by atoms with Crippen LogP contribution < -0.4 is 9.30 Å². The van der Waals surface area contributed by atoms with Gasteiger partial charge in [0.05, 0.1) is 6.08 Å². The number of hydrogen-bond donors (Lipinski definition) is 0. The highest BCUT2D eigenvalue weighted by molar-refractivity contribution is 8.76. The molecule has 0 radical (unpaired) electrons. The van der Waals surface area contributed by atoms with Crippen LogP contribution in [0.1, 0.15) is 46.1 Å². The fourth-order valence-corrected chi connectivity index (χ4v) is 8.81. The Morgan fingerprint density at radius 1 is 0.860 bits per heavy atom. The predicted molar refractivity (Wildman–Crippen MR) is 214 cm³/mol. The maximum absolute atomic E-state index is 6.15. The average molecular weight is 700 g/mol. The van der Waals surface area contributed by atoms with Crippen molar-refractivity contribution in [2.45, 2.75) is 39.8 Å². The van der Waals surface area contributed by atoms with Gasteiger partial charge in [-0.3, -0.25) is 4.99 Å². The van der Waals surface area contributed by atoms with E-state index in [2.05, 4.69) is 100 Å². The average Bonchev–Trinajstić information content (AvgIpc) is 3.72. The lowest BCUT2D eigenvalue weighted by atomic mass is 10.0. The van der Waals surface area contributed by atoms with E-state index < -0.39 is 0 Å². The number of aromatic nitrogens is 3. The number of rotatable bonds is 12. The highest BCUT2D eigenvalue weighted by Crippen LogP contribution is 2.33. The summed E-state index contributed by atoms with van der Waals surface area (Å²) in [5, 5.41) is 1.25. The third kappa shape index (κ3) is 7.00. The first-order valence-electron chi connectivity index (χ1n) is 17.2. The zero-order chi connectivity index (χ0) is 34.5. The standard InChI is InChI=1S/C42H43N4O2S2/c1-30-33(22-24-41(43-3)47-32-14-6-5-7-15-32)35-16-8-10-18-37(35)45(30)26-28-49-50-29-27-46-31(2)34(36-17-9-11-19-38(36)46)23-25-42-44(4)39-20-12-13-21-40(39)48-42/h5-10,12-18,20-25H,11,19,26-29H2,1-4H3/q+1/b24-22+,43-41+. The number of benzene rings is 3. The highest BCUT2D eigenvalue weighted by Gasteiger charge is 2.21. The van der Waals surface area contributed by atoms with Crippen LogP contribution in [-0.2, 0) is 26.6 Å². The van der Waals surface area contributed by atoms with Crippen molar-refractivity contribution in [2.75, 3.05) is 18.6 Å². The Labute approximate surface area is 302 Å². The Hall–Kier alpha value is -4.66. The van der Waals surface area contributed by atoms with Crippen LogP contribution in [-0.4, -0.2) is 33.6 Å². The number of para-hydroxylation sites is 4. The van der Waals surface area contributed by atoms with Gasteiger partial charge in [-0.2, -0.15) is 4.57 Å². The lowest BCUT2D eigenvalue weighted by molar-refractivity contribution is -0.651. The third-order valence-electron chi connectivity index (χ3n) is 9.46. The van der Waals surface area contributed by atoms with Gasteiger partial charge in [0, 0.05) is 88.5 Å². The summed E-state index contributed by atoms with van der Waals surface area (Å²) in [4.78, 5) is 4.36. The maximum atomic E-state index is 6.15. The van der Waals surface area contributed by atoms with Gasteiger partial charge in [-0.05, 0) is 63.1 Å². The molecule has 0 atom stereocenters. The molecule has 0 fully saturated rings. The van der Waals surface area contributed by atoms with Crippen molar-refractivity contribution in [2.24, 2.45) is 12.0 Å². The van der Waals surface area contributed by atoms with Gasteiger partial charge in [-0.15, -0.1) is 0 Å². The summed E-state index contributed by atoms with van der Waals surface area (Å²) in [7, 11) is 7.75. The number of hydrogen-bond acceptors (Lipinski definition) is 5. The Balaban J connectivity index is 0.991. The molecular formula is C42H43N4O2S2+. The van der Waals surface area contributed by atoms with Gasteiger partial charge in [-0.1, -0.05) is 82.3 Å². The monoisotopic (exact) mass is 699 g/mol. The minimum Gasteiger partial charge on any atom is -0.439 e. The minimum atomic E-state index is 0.582. The van der Waals surface area contributed by atoms with Crippen molar-refractivity contribution >= 4 is 73.8 Å². The first-order chi connectivity index (χ1) is 24.5. The normalized spacial score (nSPS) is 13.4. The van der Waals surface area contributed by atoms with Gasteiger partial charge in [0.2, 0.25) is 11.5 Å². The molecule has 0 unspecified atom stereocenters. The van der Waals surface area contributed by atoms with Crippen molar-refractivity contribution in [3.8, 4) is 5.75 Å². The molecule has 50 heavy (non-hydrogen) atoms. The molecule has 0 saturated heterocycles.